The first-order chi connectivity index (χ1) is 9.69. The molecule has 0 aliphatic heterocycles. The Morgan fingerprint density at radius 3 is 2.75 bits per heavy atom. The Hall–Kier alpha value is -2.04. The van der Waals surface area contributed by atoms with Crippen LogP contribution in [-0.4, -0.2) is 38.1 Å². The Labute approximate surface area is 120 Å². The maximum Gasteiger partial charge on any atom is 0.191 e. The van der Waals surface area contributed by atoms with Gasteiger partial charge >= 0.3 is 0 Å². The lowest BCUT2D eigenvalue weighted by molar-refractivity contribution is 0.632. The molecule has 1 aromatic heterocycles. The predicted octanol–water partition coefficient (Wildman–Crippen LogP) is 1.53. The van der Waals surface area contributed by atoms with Crippen LogP contribution in [0.1, 0.15) is 18.5 Å². The van der Waals surface area contributed by atoms with Gasteiger partial charge in [-0.2, -0.15) is 0 Å². The average molecular weight is 273 g/mol. The molecule has 5 heteroatoms. The largest absolute Gasteiger partial charge is 0.363 e. The first kappa shape index (κ1) is 14.4. The standard InChI is InChI=1S/C15H23N5/c1-16-15(19-12-7-4-5-8-12)17-11-13-9-6-10-14(18-13)20(2)3/h4-6,9-10,12H,7-8,11H2,1-3H3,(H2,16,17,19). The highest BCUT2D eigenvalue weighted by Gasteiger charge is 2.11. The molecular weight excluding hydrogens is 250 g/mol. The fourth-order valence-corrected chi connectivity index (χ4v) is 2.11. The highest BCUT2D eigenvalue weighted by molar-refractivity contribution is 5.80. The molecular formula is C15H23N5. The molecule has 108 valence electrons. The molecule has 1 heterocycles. The second-order valence-corrected chi connectivity index (χ2v) is 5.09. The molecule has 5 nitrogen and oxygen atoms in total. The predicted molar refractivity (Wildman–Crippen MR) is 84.1 cm³/mol. The number of pyridine rings is 1. The van der Waals surface area contributed by atoms with E-state index >= 15 is 0 Å². The van der Waals surface area contributed by atoms with E-state index in [1.807, 2.05) is 37.2 Å². The number of anilines is 1. The van der Waals surface area contributed by atoms with Gasteiger partial charge in [-0.15, -0.1) is 0 Å². The van der Waals surface area contributed by atoms with Crippen molar-refractivity contribution in [2.75, 3.05) is 26.0 Å². The number of aliphatic imine (C=N–C) groups is 1. The van der Waals surface area contributed by atoms with E-state index in [0.717, 1.165) is 30.3 Å². The number of aromatic nitrogens is 1. The maximum atomic E-state index is 4.58. The molecule has 0 unspecified atom stereocenters. The van der Waals surface area contributed by atoms with Crippen molar-refractivity contribution in [3.05, 3.63) is 36.0 Å². The summed E-state index contributed by atoms with van der Waals surface area (Å²) in [5.74, 6) is 1.79. The van der Waals surface area contributed by atoms with Crippen LogP contribution < -0.4 is 15.5 Å². The summed E-state index contributed by atoms with van der Waals surface area (Å²) in [7, 11) is 5.78. The van der Waals surface area contributed by atoms with Crippen molar-refractivity contribution < 1.29 is 0 Å². The number of hydrogen-bond acceptors (Lipinski definition) is 3. The Balaban J connectivity index is 1.88. The maximum absolute atomic E-state index is 4.58. The van der Waals surface area contributed by atoms with E-state index in [0.29, 0.717) is 12.6 Å². The molecule has 1 aliphatic carbocycles. The van der Waals surface area contributed by atoms with Crippen LogP contribution in [0.3, 0.4) is 0 Å². The zero-order chi connectivity index (χ0) is 14.4. The molecule has 0 saturated heterocycles. The SMILES string of the molecule is CN=C(NCc1cccc(N(C)C)n1)NC1CC=CC1. The zero-order valence-corrected chi connectivity index (χ0v) is 12.4. The van der Waals surface area contributed by atoms with Gasteiger partial charge in [0.15, 0.2) is 5.96 Å². The highest BCUT2D eigenvalue weighted by Crippen LogP contribution is 2.09. The Morgan fingerprint density at radius 1 is 1.35 bits per heavy atom. The Kier molecular flexibility index (Phi) is 4.98. The molecule has 0 amide bonds. The monoisotopic (exact) mass is 273 g/mol. The van der Waals surface area contributed by atoms with Crippen molar-refractivity contribution in [3.63, 3.8) is 0 Å². The van der Waals surface area contributed by atoms with Crippen molar-refractivity contribution in [1.82, 2.24) is 15.6 Å². The van der Waals surface area contributed by atoms with E-state index in [-0.39, 0.29) is 0 Å². The first-order valence-corrected chi connectivity index (χ1v) is 6.94. The van der Waals surface area contributed by atoms with Crippen LogP contribution >= 0.6 is 0 Å². The molecule has 0 bridgehead atoms. The molecule has 2 N–H and O–H groups in total. The summed E-state index contributed by atoms with van der Waals surface area (Å²) in [6, 6.07) is 6.50. The van der Waals surface area contributed by atoms with Gasteiger partial charge in [-0.1, -0.05) is 18.2 Å². The molecule has 0 spiro atoms. The van der Waals surface area contributed by atoms with Crippen molar-refractivity contribution >= 4 is 11.8 Å². The smallest absolute Gasteiger partial charge is 0.191 e. The Morgan fingerprint density at radius 2 is 2.10 bits per heavy atom. The Bertz CT molecular complexity index is 485. The average Bonchev–Trinajstić information content (AvgIpc) is 2.96. The summed E-state index contributed by atoms with van der Waals surface area (Å²) in [6.07, 6.45) is 6.53. The third kappa shape index (κ3) is 3.98. The quantitative estimate of drug-likeness (QED) is 0.496. The van der Waals surface area contributed by atoms with E-state index in [1.165, 1.54) is 0 Å². The lowest BCUT2D eigenvalue weighted by atomic mass is 10.2. The van der Waals surface area contributed by atoms with Gasteiger partial charge in [0, 0.05) is 27.2 Å². The molecule has 1 aliphatic rings. The number of guanidine groups is 1. The topological polar surface area (TPSA) is 52.6 Å². The third-order valence-corrected chi connectivity index (χ3v) is 3.26. The van der Waals surface area contributed by atoms with Gasteiger partial charge in [0.1, 0.15) is 5.82 Å². The highest BCUT2D eigenvalue weighted by atomic mass is 15.2. The molecule has 20 heavy (non-hydrogen) atoms. The first-order valence-electron chi connectivity index (χ1n) is 6.94. The van der Waals surface area contributed by atoms with E-state index in [4.69, 9.17) is 0 Å². The number of nitrogens with one attached hydrogen (secondary N) is 2. The summed E-state index contributed by atoms with van der Waals surface area (Å²) in [5.41, 5.74) is 1.00. The van der Waals surface area contributed by atoms with Gasteiger partial charge < -0.3 is 15.5 Å². The van der Waals surface area contributed by atoms with E-state index < -0.39 is 0 Å². The molecule has 0 fully saturated rings. The number of hydrogen-bond donors (Lipinski definition) is 2. The van der Waals surface area contributed by atoms with E-state index in [2.05, 4.69) is 32.8 Å². The minimum Gasteiger partial charge on any atom is -0.363 e. The molecule has 1 aromatic rings. The normalized spacial score (nSPS) is 15.4. The van der Waals surface area contributed by atoms with E-state index in [9.17, 15) is 0 Å². The summed E-state index contributed by atoms with van der Waals surface area (Å²) >= 11 is 0. The van der Waals surface area contributed by atoms with Crippen molar-refractivity contribution in [3.8, 4) is 0 Å². The van der Waals surface area contributed by atoms with Crippen LogP contribution in [0, 0.1) is 0 Å². The summed E-state index contributed by atoms with van der Waals surface area (Å²) in [4.78, 5) is 10.8. The van der Waals surface area contributed by atoms with Gasteiger partial charge in [0.2, 0.25) is 0 Å². The van der Waals surface area contributed by atoms with Crippen LogP contribution in [0.5, 0.6) is 0 Å². The minimum atomic E-state index is 0.460. The molecule has 0 aromatic carbocycles. The second-order valence-electron chi connectivity index (χ2n) is 5.09. The van der Waals surface area contributed by atoms with Gasteiger partial charge in [-0.05, 0) is 25.0 Å². The van der Waals surface area contributed by atoms with Crippen LogP contribution in [0.15, 0.2) is 35.3 Å². The lowest BCUT2D eigenvalue weighted by Gasteiger charge is -2.17. The molecule has 0 atom stereocenters. The zero-order valence-electron chi connectivity index (χ0n) is 12.4. The second kappa shape index (κ2) is 6.93. The van der Waals surface area contributed by atoms with Crippen molar-refractivity contribution in [2.24, 2.45) is 4.99 Å². The van der Waals surface area contributed by atoms with Crippen molar-refractivity contribution in [2.45, 2.75) is 25.4 Å². The van der Waals surface area contributed by atoms with Crippen molar-refractivity contribution in [1.29, 1.82) is 0 Å². The summed E-state index contributed by atoms with van der Waals surface area (Å²) < 4.78 is 0. The molecule has 0 saturated carbocycles. The lowest BCUT2D eigenvalue weighted by Crippen LogP contribution is -2.42. The fraction of sp³-hybridized carbons (Fsp3) is 0.467. The minimum absolute atomic E-state index is 0.460. The van der Waals surface area contributed by atoms with Gasteiger partial charge in [-0.3, -0.25) is 4.99 Å². The van der Waals surface area contributed by atoms with Crippen LogP contribution in [0.2, 0.25) is 0 Å². The number of nitrogens with zero attached hydrogens (tertiary/aromatic N) is 3. The molecule has 2 rings (SSSR count). The summed E-state index contributed by atoms with van der Waals surface area (Å²) in [5, 5.41) is 6.72. The number of rotatable bonds is 4. The summed E-state index contributed by atoms with van der Waals surface area (Å²) in [6.45, 7) is 0.668. The fourth-order valence-electron chi connectivity index (χ4n) is 2.11. The van der Waals surface area contributed by atoms with E-state index in [1.54, 1.807) is 7.05 Å². The van der Waals surface area contributed by atoms with Gasteiger partial charge in [0.05, 0.1) is 12.2 Å². The molecule has 0 radical (unpaired) electrons. The van der Waals surface area contributed by atoms with Gasteiger partial charge in [0.25, 0.3) is 0 Å². The van der Waals surface area contributed by atoms with Crippen LogP contribution in [0.25, 0.3) is 0 Å². The van der Waals surface area contributed by atoms with Gasteiger partial charge in [-0.25, -0.2) is 4.98 Å². The third-order valence-electron chi connectivity index (χ3n) is 3.26. The van der Waals surface area contributed by atoms with Crippen LogP contribution in [-0.2, 0) is 6.54 Å². The van der Waals surface area contributed by atoms with Crippen LogP contribution in [0.4, 0.5) is 5.82 Å².